The Balaban J connectivity index is 0.00000264. The van der Waals surface area contributed by atoms with Gasteiger partial charge in [0.05, 0.1) is 0 Å². The molecule has 0 heterocycles. The molecule has 0 aromatic heterocycles. The van der Waals surface area contributed by atoms with Crippen LogP contribution in [0.15, 0.2) is 54.6 Å². The molecule has 0 bridgehead atoms. The van der Waals surface area contributed by atoms with Crippen molar-refractivity contribution >= 4 is 12.4 Å². The highest BCUT2D eigenvalue weighted by Crippen LogP contribution is 2.26. The fourth-order valence-corrected chi connectivity index (χ4v) is 2.01. The minimum Gasteiger partial charge on any atom is -0.485 e. The van der Waals surface area contributed by atoms with E-state index in [1.165, 1.54) is 0 Å². The van der Waals surface area contributed by atoms with Crippen molar-refractivity contribution in [1.29, 1.82) is 0 Å². The third-order valence-electron chi connectivity index (χ3n) is 3.07. The number of nitrogens with one attached hydrogen (secondary N) is 1. The first-order valence-electron chi connectivity index (χ1n) is 7.98. The van der Waals surface area contributed by atoms with Gasteiger partial charge in [0.1, 0.15) is 11.9 Å². The maximum atomic E-state index is 7.22. The first-order valence-corrected chi connectivity index (χ1v) is 6.48. The maximum absolute atomic E-state index is 7.22. The molecule has 0 saturated carbocycles. The van der Waals surface area contributed by atoms with Gasteiger partial charge >= 0.3 is 0 Å². The lowest BCUT2D eigenvalue weighted by Crippen LogP contribution is -2.16. The van der Waals surface area contributed by atoms with Gasteiger partial charge in [-0.3, -0.25) is 0 Å². The van der Waals surface area contributed by atoms with Crippen molar-refractivity contribution in [1.82, 2.24) is 5.32 Å². The van der Waals surface area contributed by atoms with Gasteiger partial charge in [0.2, 0.25) is 0 Å². The molecule has 0 spiro atoms. The summed E-state index contributed by atoms with van der Waals surface area (Å²) >= 11 is 0. The standard InChI is InChI=1S/C17H21NO.ClH/c1-14-8-6-7-11-16(14)19-17(12-13-18-2)15-9-4-3-5-10-15;/h3-11,17-18H,12-13H2,1-2H3;1H/i2D3;. The van der Waals surface area contributed by atoms with Crippen molar-refractivity contribution in [3.63, 3.8) is 0 Å². The second-order valence-electron chi connectivity index (χ2n) is 4.50. The Kier molecular flexibility index (Phi) is 5.28. The third-order valence-corrected chi connectivity index (χ3v) is 3.07. The molecule has 20 heavy (non-hydrogen) atoms. The van der Waals surface area contributed by atoms with Crippen molar-refractivity contribution in [3.05, 3.63) is 65.7 Å². The first kappa shape index (κ1) is 12.2. The van der Waals surface area contributed by atoms with E-state index in [2.05, 4.69) is 5.32 Å². The van der Waals surface area contributed by atoms with Crippen molar-refractivity contribution in [2.75, 3.05) is 13.5 Å². The molecule has 2 nitrogen and oxygen atoms in total. The van der Waals surface area contributed by atoms with Crippen LogP contribution >= 0.6 is 12.4 Å². The lowest BCUT2D eigenvalue weighted by atomic mass is 10.1. The summed E-state index contributed by atoms with van der Waals surface area (Å²) < 4.78 is 27.8. The normalized spacial score (nSPS) is 14.3. The number of ether oxygens (including phenoxy) is 1. The molecule has 2 aromatic rings. The van der Waals surface area contributed by atoms with E-state index < -0.39 is 6.98 Å². The van der Waals surface area contributed by atoms with Crippen molar-refractivity contribution in [2.45, 2.75) is 19.4 Å². The van der Waals surface area contributed by atoms with Crippen LogP contribution in [0.25, 0.3) is 0 Å². The van der Waals surface area contributed by atoms with Gasteiger partial charge in [0, 0.05) is 10.5 Å². The van der Waals surface area contributed by atoms with E-state index >= 15 is 0 Å². The molecule has 1 unspecified atom stereocenters. The molecule has 1 N–H and O–H groups in total. The third kappa shape index (κ3) is 4.55. The number of rotatable bonds is 6. The molecule has 0 aliphatic heterocycles. The van der Waals surface area contributed by atoms with Gasteiger partial charge in [-0.1, -0.05) is 48.5 Å². The second-order valence-corrected chi connectivity index (χ2v) is 4.50. The summed E-state index contributed by atoms with van der Waals surface area (Å²) in [5.41, 5.74) is 2.10. The minimum absolute atomic E-state index is 0. The Morgan fingerprint density at radius 2 is 1.80 bits per heavy atom. The van der Waals surface area contributed by atoms with Crippen LogP contribution in [0.3, 0.4) is 0 Å². The average Bonchev–Trinajstić information content (AvgIpc) is 2.48. The second kappa shape index (κ2) is 8.62. The Morgan fingerprint density at radius 1 is 1.10 bits per heavy atom. The molecule has 0 fully saturated rings. The SMILES string of the molecule is Cl.[2H]C([2H])([2H])NCCC(Oc1ccccc1C)c1ccccc1. The Morgan fingerprint density at radius 3 is 2.50 bits per heavy atom. The predicted octanol–water partition coefficient (Wildman–Crippen LogP) is 4.15. The zero-order valence-corrected chi connectivity index (χ0v) is 12.3. The Hall–Kier alpha value is -1.51. The van der Waals surface area contributed by atoms with Gasteiger partial charge in [-0.2, -0.15) is 0 Å². The van der Waals surface area contributed by atoms with Crippen molar-refractivity contribution in [3.8, 4) is 5.75 Å². The van der Waals surface area contributed by atoms with Crippen molar-refractivity contribution in [2.24, 2.45) is 0 Å². The number of hydrogen-bond acceptors (Lipinski definition) is 2. The van der Waals surface area contributed by atoms with Crippen LogP contribution in [0.5, 0.6) is 5.75 Å². The number of para-hydroxylation sites is 1. The van der Waals surface area contributed by atoms with Gasteiger partial charge in [-0.15, -0.1) is 12.4 Å². The average molecular weight is 295 g/mol. The van der Waals surface area contributed by atoms with Crippen LogP contribution in [0.1, 0.15) is 27.8 Å². The molecule has 0 saturated heterocycles. The molecule has 108 valence electrons. The quantitative estimate of drug-likeness (QED) is 0.864. The largest absolute Gasteiger partial charge is 0.485 e. The van der Waals surface area contributed by atoms with E-state index in [4.69, 9.17) is 8.85 Å². The monoisotopic (exact) mass is 294 g/mol. The summed E-state index contributed by atoms with van der Waals surface area (Å²) in [4.78, 5) is 0. The van der Waals surface area contributed by atoms with Crippen LogP contribution in [0, 0.1) is 6.92 Å². The summed E-state index contributed by atoms with van der Waals surface area (Å²) in [7, 11) is 0. The molecule has 2 rings (SSSR count). The summed E-state index contributed by atoms with van der Waals surface area (Å²) in [6.45, 7) is 0.240. The van der Waals surface area contributed by atoms with E-state index in [1.807, 2.05) is 61.5 Å². The highest BCUT2D eigenvalue weighted by molar-refractivity contribution is 5.85. The molecule has 0 aliphatic rings. The summed E-state index contributed by atoms with van der Waals surface area (Å²) in [6.07, 6.45) is 0.397. The summed E-state index contributed by atoms with van der Waals surface area (Å²) in [6, 6.07) is 17.7. The Bertz CT molecular complexity index is 590. The molecule has 3 heteroatoms. The van der Waals surface area contributed by atoms with Crippen molar-refractivity contribution < 1.29 is 8.85 Å². The van der Waals surface area contributed by atoms with Gasteiger partial charge in [0.25, 0.3) is 0 Å². The highest BCUT2D eigenvalue weighted by Gasteiger charge is 2.13. The number of benzene rings is 2. The zero-order chi connectivity index (χ0) is 16.0. The van der Waals surface area contributed by atoms with Gasteiger partial charge in [0.15, 0.2) is 0 Å². The maximum Gasteiger partial charge on any atom is 0.125 e. The topological polar surface area (TPSA) is 21.3 Å². The molecule has 0 aliphatic carbocycles. The lowest BCUT2D eigenvalue weighted by Gasteiger charge is -2.20. The lowest BCUT2D eigenvalue weighted by molar-refractivity contribution is 0.193. The smallest absolute Gasteiger partial charge is 0.125 e. The van der Waals surface area contributed by atoms with E-state index in [0.29, 0.717) is 13.0 Å². The summed E-state index contributed by atoms with van der Waals surface area (Å²) in [5.74, 6) is 0.824. The van der Waals surface area contributed by atoms with E-state index in [-0.39, 0.29) is 18.5 Å². The van der Waals surface area contributed by atoms with Crippen LogP contribution in [0.4, 0.5) is 0 Å². The van der Waals surface area contributed by atoms with E-state index in [9.17, 15) is 0 Å². The molecule has 0 amide bonds. The minimum atomic E-state index is -2.12. The Labute approximate surface area is 131 Å². The predicted molar refractivity (Wildman–Crippen MR) is 86.8 cm³/mol. The van der Waals surface area contributed by atoms with Crippen LogP contribution in [0.2, 0.25) is 0 Å². The molecular formula is C17H22ClNO. The van der Waals surface area contributed by atoms with Crippen LogP contribution in [-0.4, -0.2) is 13.5 Å². The number of hydrogen-bond donors (Lipinski definition) is 1. The van der Waals surface area contributed by atoms with E-state index in [0.717, 1.165) is 16.9 Å². The van der Waals surface area contributed by atoms with Crippen LogP contribution < -0.4 is 10.1 Å². The van der Waals surface area contributed by atoms with E-state index in [1.54, 1.807) is 0 Å². The molecular weight excluding hydrogens is 270 g/mol. The number of halogens is 1. The molecule has 1 atom stereocenters. The first-order chi connectivity index (χ1) is 10.5. The van der Waals surface area contributed by atoms with Gasteiger partial charge in [-0.05, 0) is 37.6 Å². The molecule has 2 aromatic carbocycles. The molecule has 0 radical (unpaired) electrons. The number of aryl methyl sites for hydroxylation is 1. The highest BCUT2D eigenvalue weighted by atomic mass is 35.5. The fourth-order valence-electron chi connectivity index (χ4n) is 2.01. The zero-order valence-electron chi connectivity index (χ0n) is 14.5. The van der Waals surface area contributed by atoms with Gasteiger partial charge in [-0.25, -0.2) is 0 Å². The fraction of sp³-hybridized carbons (Fsp3) is 0.294. The van der Waals surface area contributed by atoms with Gasteiger partial charge < -0.3 is 10.1 Å². The van der Waals surface area contributed by atoms with Crippen LogP contribution in [-0.2, 0) is 0 Å². The summed E-state index contributed by atoms with van der Waals surface area (Å²) in [5, 5.41) is 2.54.